The van der Waals surface area contributed by atoms with Crippen LogP contribution in [0.4, 0.5) is 4.39 Å². The lowest BCUT2D eigenvalue weighted by atomic mass is 10.0. The third-order valence-corrected chi connectivity index (χ3v) is 3.15. The number of rotatable bonds is 3. The van der Waals surface area contributed by atoms with Gasteiger partial charge >= 0.3 is 5.97 Å². The minimum atomic E-state index is -1.01. The van der Waals surface area contributed by atoms with Crippen molar-refractivity contribution in [1.82, 2.24) is 10.2 Å². The highest BCUT2D eigenvalue weighted by Crippen LogP contribution is 2.26. The van der Waals surface area contributed by atoms with E-state index in [0.29, 0.717) is 22.5 Å². The SMILES string of the molecule is O=C(O)c1ccccc1-c1cc(-c2cccc(F)c2)n[nH]1. The number of benzene rings is 2. The zero-order valence-electron chi connectivity index (χ0n) is 10.9. The summed E-state index contributed by atoms with van der Waals surface area (Å²) >= 11 is 0. The van der Waals surface area contributed by atoms with Crippen molar-refractivity contribution in [3.8, 4) is 22.5 Å². The number of halogens is 1. The van der Waals surface area contributed by atoms with Crippen LogP contribution in [-0.4, -0.2) is 21.3 Å². The smallest absolute Gasteiger partial charge is 0.336 e. The van der Waals surface area contributed by atoms with Crippen molar-refractivity contribution in [2.45, 2.75) is 0 Å². The molecule has 4 nitrogen and oxygen atoms in total. The number of hydrogen-bond donors (Lipinski definition) is 2. The van der Waals surface area contributed by atoms with E-state index >= 15 is 0 Å². The van der Waals surface area contributed by atoms with Crippen molar-refractivity contribution >= 4 is 5.97 Å². The van der Waals surface area contributed by atoms with Gasteiger partial charge in [0.1, 0.15) is 5.82 Å². The molecule has 0 bridgehead atoms. The van der Waals surface area contributed by atoms with Crippen LogP contribution in [0.25, 0.3) is 22.5 Å². The number of aromatic nitrogens is 2. The molecule has 21 heavy (non-hydrogen) atoms. The third kappa shape index (κ3) is 2.53. The van der Waals surface area contributed by atoms with Gasteiger partial charge in [0.25, 0.3) is 0 Å². The van der Waals surface area contributed by atoms with Gasteiger partial charge in [-0.2, -0.15) is 5.10 Å². The second-order valence-electron chi connectivity index (χ2n) is 4.53. The van der Waals surface area contributed by atoms with Crippen LogP contribution in [0.2, 0.25) is 0 Å². The van der Waals surface area contributed by atoms with E-state index in [4.69, 9.17) is 0 Å². The van der Waals surface area contributed by atoms with Crippen molar-refractivity contribution in [2.75, 3.05) is 0 Å². The quantitative estimate of drug-likeness (QED) is 0.771. The van der Waals surface area contributed by atoms with Gasteiger partial charge in [-0.05, 0) is 24.3 Å². The maximum Gasteiger partial charge on any atom is 0.336 e. The van der Waals surface area contributed by atoms with Crippen LogP contribution >= 0.6 is 0 Å². The minimum Gasteiger partial charge on any atom is -0.478 e. The lowest BCUT2D eigenvalue weighted by Gasteiger charge is -2.02. The van der Waals surface area contributed by atoms with Gasteiger partial charge in [0.05, 0.1) is 17.0 Å². The molecule has 0 spiro atoms. The van der Waals surface area contributed by atoms with Gasteiger partial charge in [-0.15, -0.1) is 0 Å². The Morgan fingerprint density at radius 3 is 2.67 bits per heavy atom. The number of aromatic amines is 1. The van der Waals surface area contributed by atoms with E-state index in [1.165, 1.54) is 18.2 Å². The Kier molecular flexibility index (Phi) is 3.23. The van der Waals surface area contributed by atoms with Gasteiger partial charge in [0.15, 0.2) is 0 Å². The Labute approximate surface area is 119 Å². The Morgan fingerprint density at radius 2 is 1.90 bits per heavy atom. The van der Waals surface area contributed by atoms with Crippen molar-refractivity contribution in [2.24, 2.45) is 0 Å². The number of aromatic carboxylic acids is 1. The first-order valence-electron chi connectivity index (χ1n) is 6.29. The number of H-pyrrole nitrogens is 1. The van der Waals surface area contributed by atoms with E-state index in [-0.39, 0.29) is 11.4 Å². The Morgan fingerprint density at radius 1 is 1.10 bits per heavy atom. The molecule has 0 aliphatic heterocycles. The van der Waals surface area contributed by atoms with Crippen molar-refractivity contribution < 1.29 is 14.3 Å². The van der Waals surface area contributed by atoms with Crippen LogP contribution in [-0.2, 0) is 0 Å². The van der Waals surface area contributed by atoms with Crippen molar-refractivity contribution in [3.63, 3.8) is 0 Å². The van der Waals surface area contributed by atoms with Crippen LogP contribution in [0.3, 0.4) is 0 Å². The highest BCUT2D eigenvalue weighted by Gasteiger charge is 2.13. The second kappa shape index (κ2) is 5.20. The fourth-order valence-corrected chi connectivity index (χ4v) is 2.16. The zero-order valence-corrected chi connectivity index (χ0v) is 10.9. The summed E-state index contributed by atoms with van der Waals surface area (Å²) in [5.41, 5.74) is 2.49. The fourth-order valence-electron chi connectivity index (χ4n) is 2.16. The molecule has 0 radical (unpaired) electrons. The Hall–Kier alpha value is -2.95. The van der Waals surface area contributed by atoms with Gasteiger partial charge in [-0.1, -0.05) is 30.3 Å². The summed E-state index contributed by atoms with van der Waals surface area (Å²) in [5.74, 6) is -1.35. The molecule has 0 amide bonds. The molecule has 104 valence electrons. The predicted molar refractivity (Wildman–Crippen MR) is 76.4 cm³/mol. The molecule has 0 atom stereocenters. The highest BCUT2D eigenvalue weighted by molar-refractivity contribution is 5.95. The van der Waals surface area contributed by atoms with E-state index in [1.54, 1.807) is 36.4 Å². The first kappa shape index (κ1) is 13.1. The first-order chi connectivity index (χ1) is 10.1. The van der Waals surface area contributed by atoms with Crippen LogP contribution in [0.15, 0.2) is 54.6 Å². The van der Waals surface area contributed by atoms with E-state index in [2.05, 4.69) is 10.2 Å². The van der Waals surface area contributed by atoms with E-state index in [9.17, 15) is 14.3 Å². The molecule has 0 fully saturated rings. The summed E-state index contributed by atoms with van der Waals surface area (Å²) in [6.45, 7) is 0. The minimum absolute atomic E-state index is 0.187. The lowest BCUT2D eigenvalue weighted by Crippen LogP contribution is -1.98. The summed E-state index contributed by atoms with van der Waals surface area (Å²) in [6.07, 6.45) is 0. The molecule has 3 rings (SSSR count). The highest BCUT2D eigenvalue weighted by atomic mass is 19.1. The molecule has 2 N–H and O–H groups in total. The van der Waals surface area contributed by atoms with Crippen LogP contribution < -0.4 is 0 Å². The van der Waals surface area contributed by atoms with Gasteiger partial charge in [0.2, 0.25) is 0 Å². The lowest BCUT2D eigenvalue weighted by molar-refractivity contribution is 0.0697. The molecular weight excluding hydrogens is 271 g/mol. The number of carbonyl (C=O) groups is 1. The van der Waals surface area contributed by atoms with Crippen molar-refractivity contribution in [3.05, 3.63) is 66.0 Å². The molecule has 3 aromatic rings. The molecule has 1 heterocycles. The molecular formula is C16H11FN2O2. The topological polar surface area (TPSA) is 66.0 Å². The second-order valence-corrected chi connectivity index (χ2v) is 4.53. The Bertz CT molecular complexity index is 811. The predicted octanol–water partition coefficient (Wildman–Crippen LogP) is 3.58. The van der Waals surface area contributed by atoms with Crippen molar-refractivity contribution in [1.29, 1.82) is 0 Å². The number of nitrogens with one attached hydrogen (secondary N) is 1. The fraction of sp³-hybridized carbons (Fsp3) is 0. The number of carboxylic acid groups (broad SMARTS) is 1. The van der Waals surface area contributed by atoms with Gasteiger partial charge in [0, 0.05) is 11.1 Å². The van der Waals surface area contributed by atoms with Gasteiger partial charge in [-0.25, -0.2) is 9.18 Å². The van der Waals surface area contributed by atoms with Crippen LogP contribution in [0.1, 0.15) is 10.4 Å². The molecule has 0 saturated carbocycles. The molecule has 0 unspecified atom stereocenters. The van der Waals surface area contributed by atoms with Crippen LogP contribution in [0, 0.1) is 5.82 Å². The van der Waals surface area contributed by atoms with E-state index in [1.807, 2.05) is 0 Å². The molecule has 5 heteroatoms. The van der Waals surface area contributed by atoms with Gasteiger partial charge < -0.3 is 5.11 Å². The molecule has 0 aliphatic rings. The van der Waals surface area contributed by atoms with Crippen LogP contribution in [0.5, 0.6) is 0 Å². The maximum absolute atomic E-state index is 13.2. The number of carboxylic acids is 1. The summed E-state index contributed by atoms with van der Waals surface area (Å²) in [5, 5.41) is 16.1. The number of nitrogens with zero attached hydrogens (tertiary/aromatic N) is 1. The average Bonchev–Trinajstić information content (AvgIpc) is 2.97. The average molecular weight is 282 g/mol. The third-order valence-electron chi connectivity index (χ3n) is 3.15. The largest absolute Gasteiger partial charge is 0.478 e. The summed E-state index contributed by atoms with van der Waals surface area (Å²) < 4.78 is 13.2. The summed E-state index contributed by atoms with van der Waals surface area (Å²) in [7, 11) is 0. The monoisotopic (exact) mass is 282 g/mol. The van der Waals surface area contributed by atoms with E-state index < -0.39 is 5.97 Å². The molecule has 0 aliphatic carbocycles. The molecule has 0 saturated heterocycles. The zero-order chi connectivity index (χ0) is 14.8. The number of hydrogen-bond acceptors (Lipinski definition) is 2. The summed E-state index contributed by atoms with van der Waals surface area (Å²) in [6, 6.07) is 14.4. The Balaban J connectivity index is 2.05. The molecule has 2 aromatic carbocycles. The molecule has 1 aromatic heterocycles. The van der Waals surface area contributed by atoms with Gasteiger partial charge in [-0.3, -0.25) is 5.10 Å². The van der Waals surface area contributed by atoms with E-state index in [0.717, 1.165) is 0 Å². The first-order valence-corrected chi connectivity index (χ1v) is 6.29. The summed E-state index contributed by atoms with van der Waals surface area (Å²) in [4.78, 5) is 11.2. The standard InChI is InChI=1S/C16H11FN2O2/c17-11-5-3-4-10(8-11)14-9-15(19-18-14)12-6-1-2-7-13(12)16(20)21/h1-9H,(H,18,19)(H,20,21). The maximum atomic E-state index is 13.2. The normalized spacial score (nSPS) is 10.5.